The van der Waals surface area contributed by atoms with Crippen molar-refractivity contribution in [3.8, 4) is 0 Å². The van der Waals surface area contributed by atoms with Crippen molar-refractivity contribution in [3.05, 3.63) is 41.6 Å². The summed E-state index contributed by atoms with van der Waals surface area (Å²) in [4.78, 5) is 16.9. The van der Waals surface area contributed by atoms with E-state index in [2.05, 4.69) is 10.3 Å². The van der Waals surface area contributed by atoms with Crippen LogP contribution in [0.2, 0.25) is 0 Å². The molecule has 0 saturated heterocycles. The van der Waals surface area contributed by atoms with E-state index in [9.17, 15) is 4.79 Å². The highest BCUT2D eigenvalue weighted by Crippen LogP contribution is 2.18. The maximum Gasteiger partial charge on any atom is 0.252 e. The molecule has 0 aliphatic rings. The molecule has 1 N–H and O–H groups in total. The Kier molecular flexibility index (Phi) is 4.96. The van der Waals surface area contributed by atoms with Crippen LogP contribution in [0.15, 0.2) is 30.3 Å². The molecule has 0 saturated carbocycles. The number of nitrogens with zero attached hydrogens (tertiary/aromatic N) is 1. The van der Waals surface area contributed by atoms with Crippen molar-refractivity contribution < 1.29 is 4.79 Å². The smallest absolute Gasteiger partial charge is 0.252 e. The summed E-state index contributed by atoms with van der Waals surface area (Å²) in [6.45, 7) is 3.95. The van der Waals surface area contributed by atoms with E-state index >= 15 is 0 Å². The summed E-state index contributed by atoms with van der Waals surface area (Å²) in [5.74, 6) is 0.498. The highest BCUT2D eigenvalue weighted by atomic mass is 35.5. The second kappa shape index (κ2) is 6.71. The molecular weight excluding hydrogens is 272 g/mol. The van der Waals surface area contributed by atoms with Crippen LogP contribution in [0, 0.1) is 6.92 Å². The molecule has 0 spiro atoms. The maximum atomic E-state index is 12.5. The van der Waals surface area contributed by atoms with Crippen molar-refractivity contribution in [2.45, 2.75) is 32.7 Å². The average Bonchev–Trinajstić information content (AvgIpc) is 2.45. The standard InChI is InChI=1S/C16H19ClN2O/c1-3-12(8-9-17)19-16(20)14-10-11(2)18-15-7-5-4-6-13(14)15/h4-7,10,12H,3,8-9H2,1-2H3,(H,19,20). The number of hydrogen-bond donors (Lipinski definition) is 1. The molecule has 2 aromatic rings. The number of carbonyl (C=O) groups excluding carboxylic acids is 1. The van der Waals surface area contributed by atoms with Crippen LogP contribution in [0.1, 0.15) is 35.8 Å². The third kappa shape index (κ3) is 3.28. The van der Waals surface area contributed by atoms with E-state index in [4.69, 9.17) is 11.6 Å². The van der Waals surface area contributed by atoms with E-state index in [1.807, 2.05) is 44.2 Å². The molecule has 0 fully saturated rings. The molecule has 0 aliphatic carbocycles. The monoisotopic (exact) mass is 290 g/mol. The van der Waals surface area contributed by atoms with Crippen LogP contribution >= 0.6 is 11.6 Å². The number of aromatic nitrogens is 1. The van der Waals surface area contributed by atoms with Gasteiger partial charge >= 0.3 is 0 Å². The topological polar surface area (TPSA) is 42.0 Å². The van der Waals surface area contributed by atoms with Gasteiger partial charge in [0.05, 0.1) is 11.1 Å². The minimum absolute atomic E-state index is 0.0522. The molecule has 106 valence electrons. The fraction of sp³-hybridized carbons (Fsp3) is 0.375. The van der Waals surface area contributed by atoms with Gasteiger partial charge in [-0.3, -0.25) is 9.78 Å². The number of carbonyl (C=O) groups is 1. The Morgan fingerprint density at radius 3 is 2.85 bits per heavy atom. The van der Waals surface area contributed by atoms with Gasteiger partial charge in [-0.25, -0.2) is 0 Å². The van der Waals surface area contributed by atoms with Crippen molar-refractivity contribution >= 4 is 28.4 Å². The Hall–Kier alpha value is -1.61. The van der Waals surface area contributed by atoms with Crippen molar-refractivity contribution in [2.75, 3.05) is 5.88 Å². The summed E-state index contributed by atoms with van der Waals surface area (Å²) in [5.41, 5.74) is 2.38. The van der Waals surface area contributed by atoms with E-state index in [0.717, 1.165) is 29.4 Å². The van der Waals surface area contributed by atoms with Crippen LogP contribution in [0.25, 0.3) is 10.9 Å². The fourth-order valence-electron chi connectivity index (χ4n) is 2.27. The van der Waals surface area contributed by atoms with Gasteiger partial charge in [-0.05, 0) is 31.9 Å². The molecule has 1 heterocycles. The van der Waals surface area contributed by atoms with Gasteiger partial charge < -0.3 is 5.32 Å². The molecule has 1 atom stereocenters. The summed E-state index contributed by atoms with van der Waals surface area (Å²) in [6, 6.07) is 9.66. The second-order valence-electron chi connectivity index (χ2n) is 4.88. The van der Waals surface area contributed by atoms with Crippen LogP contribution in [-0.4, -0.2) is 22.8 Å². The maximum absolute atomic E-state index is 12.5. The molecule has 3 nitrogen and oxygen atoms in total. The van der Waals surface area contributed by atoms with Crippen LogP contribution in [0.3, 0.4) is 0 Å². The van der Waals surface area contributed by atoms with Crippen LogP contribution in [-0.2, 0) is 0 Å². The van der Waals surface area contributed by atoms with Crippen molar-refractivity contribution in [1.29, 1.82) is 0 Å². The minimum Gasteiger partial charge on any atom is -0.349 e. The lowest BCUT2D eigenvalue weighted by molar-refractivity contribution is 0.0936. The largest absolute Gasteiger partial charge is 0.349 e. The van der Waals surface area contributed by atoms with Gasteiger partial charge in [0, 0.05) is 23.0 Å². The second-order valence-corrected chi connectivity index (χ2v) is 5.26. The predicted molar refractivity (Wildman–Crippen MR) is 83.4 cm³/mol. The van der Waals surface area contributed by atoms with E-state index in [1.54, 1.807) is 0 Å². The van der Waals surface area contributed by atoms with Crippen LogP contribution in [0.5, 0.6) is 0 Å². The Morgan fingerprint density at radius 2 is 2.15 bits per heavy atom. The third-order valence-corrected chi connectivity index (χ3v) is 3.59. The molecule has 4 heteroatoms. The Labute approximate surface area is 124 Å². The first-order valence-electron chi connectivity index (χ1n) is 6.89. The Morgan fingerprint density at radius 1 is 1.40 bits per heavy atom. The summed E-state index contributed by atoms with van der Waals surface area (Å²) in [6.07, 6.45) is 1.66. The van der Waals surface area contributed by atoms with Gasteiger partial charge in [0.2, 0.25) is 0 Å². The Bertz CT molecular complexity index is 612. The fourth-order valence-corrected chi connectivity index (χ4v) is 2.53. The number of rotatable bonds is 5. The number of pyridine rings is 1. The SMILES string of the molecule is CCC(CCCl)NC(=O)c1cc(C)nc2ccccc12. The van der Waals surface area contributed by atoms with Crippen molar-refractivity contribution in [3.63, 3.8) is 0 Å². The molecule has 1 unspecified atom stereocenters. The van der Waals surface area contributed by atoms with Gasteiger partial charge in [-0.15, -0.1) is 11.6 Å². The number of aryl methyl sites for hydroxylation is 1. The highest BCUT2D eigenvalue weighted by Gasteiger charge is 2.15. The van der Waals surface area contributed by atoms with Crippen molar-refractivity contribution in [2.24, 2.45) is 0 Å². The first-order valence-corrected chi connectivity index (χ1v) is 7.42. The van der Waals surface area contributed by atoms with Gasteiger partial charge in [-0.2, -0.15) is 0 Å². The molecule has 1 aromatic carbocycles. The molecule has 0 radical (unpaired) electrons. The zero-order chi connectivity index (χ0) is 14.5. The number of fused-ring (bicyclic) bond motifs is 1. The molecule has 0 aliphatic heterocycles. The lowest BCUT2D eigenvalue weighted by Gasteiger charge is -2.16. The summed E-state index contributed by atoms with van der Waals surface area (Å²) in [5, 5.41) is 3.94. The number of nitrogens with one attached hydrogen (secondary N) is 1. The molecule has 20 heavy (non-hydrogen) atoms. The molecule has 2 rings (SSSR count). The third-order valence-electron chi connectivity index (χ3n) is 3.37. The number of alkyl halides is 1. The molecular formula is C16H19ClN2O. The lowest BCUT2D eigenvalue weighted by atomic mass is 10.1. The van der Waals surface area contributed by atoms with Crippen LogP contribution < -0.4 is 5.32 Å². The van der Waals surface area contributed by atoms with Crippen LogP contribution in [0.4, 0.5) is 0 Å². The van der Waals surface area contributed by atoms with Crippen molar-refractivity contribution in [1.82, 2.24) is 10.3 Å². The minimum atomic E-state index is -0.0522. The van der Waals surface area contributed by atoms with Gasteiger partial charge in [0.15, 0.2) is 0 Å². The zero-order valence-corrected chi connectivity index (χ0v) is 12.6. The normalized spacial score (nSPS) is 12.3. The predicted octanol–water partition coefficient (Wildman–Crippen LogP) is 3.68. The average molecular weight is 291 g/mol. The van der Waals surface area contributed by atoms with E-state index < -0.39 is 0 Å². The number of amides is 1. The first kappa shape index (κ1) is 14.8. The number of benzene rings is 1. The lowest BCUT2D eigenvalue weighted by Crippen LogP contribution is -2.34. The van der Waals surface area contributed by atoms with Gasteiger partial charge in [-0.1, -0.05) is 25.1 Å². The quantitative estimate of drug-likeness (QED) is 0.854. The van der Waals surface area contributed by atoms with E-state index in [1.165, 1.54) is 0 Å². The first-order chi connectivity index (χ1) is 9.65. The van der Waals surface area contributed by atoms with E-state index in [0.29, 0.717) is 11.4 Å². The zero-order valence-electron chi connectivity index (χ0n) is 11.8. The van der Waals surface area contributed by atoms with E-state index in [-0.39, 0.29) is 11.9 Å². The Balaban J connectivity index is 2.34. The summed E-state index contributed by atoms with van der Waals surface area (Å²) >= 11 is 5.76. The van der Waals surface area contributed by atoms with Gasteiger partial charge in [0.1, 0.15) is 0 Å². The molecule has 1 aromatic heterocycles. The summed E-state index contributed by atoms with van der Waals surface area (Å²) < 4.78 is 0. The van der Waals surface area contributed by atoms with Gasteiger partial charge in [0.25, 0.3) is 5.91 Å². The number of para-hydroxylation sites is 1. The molecule has 0 bridgehead atoms. The molecule has 1 amide bonds. The highest BCUT2D eigenvalue weighted by molar-refractivity contribution is 6.17. The summed E-state index contributed by atoms with van der Waals surface area (Å²) in [7, 11) is 0. The number of hydrogen-bond acceptors (Lipinski definition) is 2. The number of halogens is 1.